The van der Waals surface area contributed by atoms with Crippen molar-refractivity contribution in [2.24, 2.45) is 0 Å². The van der Waals surface area contributed by atoms with Crippen LogP contribution in [0.3, 0.4) is 0 Å². The van der Waals surface area contributed by atoms with E-state index in [4.69, 9.17) is 9.47 Å². The summed E-state index contributed by atoms with van der Waals surface area (Å²) in [6, 6.07) is 6.82. The van der Waals surface area contributed by atoms with E-state index in [-0.39, 0.29) is 28.4 Å². The van der Waals surface area contributed by atoms with E-state index in [9.17, 15) is 14.3 Å². The maximum absolute atomic E-state index is 14.0. The number of benzene rings is 1. The lowest BCUT2D eigenvalue weighted by Crippen LogP contribution is -2.09. The van der Waals surface area contributed by atoms with E-state index in [1.54, 1.807) is 31.2 Å². The summed E-state index contributed by atoms with van der Waals surface area (Å²) < 4.78 is 24.3. The van der Waals surface area contributed by atoms with Crippen LogP contribution in [-0.2, 0) is 16.0 Å². The maximum atomic E-state index is 14.0. The van der Waals surface area contributed by atoms with Crippen LogP contribution in [0.15, 0.2) is 46.1 Å². The number of allylic oxidation sites excluding steroid dienone is 4. The zero-order chi connectivity index (χ0) is 16.7. The van der Waals surface area contributed by atoms with Crippen LogP contribution < -0.4 is 4.74 Å². The van der Waals surface area contributed by atoms with Gasteiger partial charge in [0.25, 0.3) is 0 Å². The summed E-state index contributed by atoms with van der Waals surface area (Å²) in [5.41, 5.74) is 0.592. The fourth-order valence-electron chi connectivity index (χ4n) is 1.64. The monoisotopic (exact) mass is 372 g/mol. The van der Waals surface area contributed by atoms with Gasteiger partial charge in [-0.25, -0.2) is 4.39 Å². The number of hydrogen-bond donors (Lipinski definition) is 1. The lowest BCUT2D eigenvalue weighted by atomic mass is 10.1. The van der Waals surface area contributed by atoms with E-state index in [0.717, 1.165) is 0 Å². The minimum absolute atomic E-state index is 0.0309. The van der Waals surface area contributed by atoms with Crippen molar-refractivity contribution in [1.82, 2.24) is 0 Å². The largest absolute Gasteiger partial charge is 0.511 e. The van der Waals surface area contributed by atoms with Crippen molar-refractivity contribution in [3.63, 3.8) is 0 Å². The van der Waals surface area contributed by atoms with E-state index in [0.29, 0.717) is 17.9 Å². The lowest BCUT2D eigenvalue weighted by molar-refractivity contribution is -0.142. The topological polar surface area (TPSA) is 55.8 Å². The summed E-state index contributed by atoms with van der Waals surface area (Å²) in [4.78, 5) is 11.6. The molecule has 0 unspecified atom stereocenters. The molecule has 0 bridgehead atoms. The Hall–Kier alpha value is -1.82. The number of halogens is 2. The van der Waals surface area contributed by atoms with Gasteiger partial charge < -0.3 is 14.6 Å². The smallest absolute Gasteiger partial charge is 0.310 e. The van der Waals surface area contributed by atoms with Crippen LogP contribution in [0.4, 0.5) is 4.39 Å². The molecule has 0 saturated carbocycles. The van der Waals surface area contributed by atoms with Crippen LogP contribution in [0.2, 0.25) is 0 Å². The Morgan fingerprint density at radius 3 is 2.55 bits per heavy atom. The van der Waals surface area contributed by atoms with Crippen LogP contribution in [0.1, 0.15) is 26.3 Å². The molecular formula is C16H18BrFO4. The third-order valence-electron chi connectivity index (χ3n) is 2.70. The van der Waals surface area contributed by atoms with Gasteiger partial charge in [0.05, 0.1) is 17.5 Å². The molecule has 1 aromatic carbocycles. The second-order valence-corrected chi connectivity index (χ2v) is 5.25. The number of hydrogen-bond acceptors (Lipinski definition) is 4. The number of aliphatic hydroxyl groups excluding tert-OH is 1. The summed E-state index contributed by atoms with van der Waals surface area (Å²) in [6.07, 6.45) is 0.0367. The molecule has 0 heterocycles. The highest BCUT2D eigenvalue weighted by molar-refractivity contribution is 9.12. The molecule has 6 heteroatoms. The second-order valence-electron chi connectivity index (χ2n) is 4.46. The Morgan fingerprint density at radius 1 is 1.32 bits per heavy atom. The van der Waals surface area contributed by atoms with Gasteiger partial charge in [0.15, 0.2) is 5.83 Å². The van der Waals surface area contributed by atoms with Crippen LogP contribution in [0, 0.1) is 0 Å². The molecule has 120 valence electrons. The van der Waals surface area contributed by atoms with Gasteiger partial charge in [0.2, 0.25) is 0 Å². The Balaban J connectivity index is 3.01. The van der Waals surface area contributed by atoms with Crippen LogP contribution in [0.25, 0.3) is 0 Å². The highest BCUT2D eigenvalue weighted by Gasteiger charge is 2.14. The van der Waals surface area contributed by atoms with Crippen molar-refractivity contribution in [2.45, 2.75) is 27.2 Å². The fourth-order valence-corrected chi connectivity index (χ4v) is 1.92. The average Bonchev–Trinajstić information content (AvgIpc) is 2.47. The van der Waals surface area contributed by atoms with Crippen molar-refractivity contribution < 1.29 is 23.8 Å². The Morgan fingerprint density at radius 2 is 1.95 bits per heavy atom. The maximum Gasteiger partial charge on any atom is 0.310 e. The van der Waals surface area contributed by atoms with Gasteiger partial charge in [0, 0.05) is 5.56 Å². The number of carbonyl (C=O) groups is 1. The van der Waals surface area contributed by atoms with E-state index in [2.05, 4.69) is 15.9 Å². The zero-order valence-electron chi connectivity index (χ0n) is 12.7. The van der Waals surface area contributed by atoms with E-state index >= 15 is 0 Å². The third-order valence-corrected chi connectivity index (χ3v) is 3.62. The van der Waals surface area contributed by atoms with E-state index < -0.39 is 5.83 Å². The van der Waals surface area contributed by atoms with Gasteiger partial charge in [-0.05, 0) is 42.8 Å². The minimum Gasteiger partial charge on any atom is -0.511 e. The molecule has 4 nitrogen and oxygen atoms in total. The molecule has 0 spiro atoms. The minimum atomic E-state index is -0.717. The van der Waals surface area contributed by atoms with E-state index in [1.807, 2.05) is 0 Å². The summed E-state index contributed by atoms with van der Waals surface area (Å²) in [7, 11) is 0. The number of rotatable bonds is 6. The molecule has 0 saturated heterocycles. The van der Waals surface area contributed by atoms with Gasteiger partial charge in [-0.15, -0.1) is 0 Å². The van der Waals surface area contributed by atoms with Crippen LogP contribution >= 0.6 is 15.9 Å². The summed E-state index contributed by atoms with van der Waals surface area (Å²) in [5, 5.41) is 9.28. The Labute approximate surface area is 137 Å². The average molecular weight is 373 g/mol. The molecule has 1 N–H and O–H groups in total. The first-order chi connectivity index (χ1) is 10.4. The van der Waals surface area contributed by atoms with Crippen LogP contribution in [-0.4, -0.2) is 17.7 Å². The molecule has 22 heavy (non-hydrogen) atoms. The Bertz CT molecular complexity index is 604. The summed E-state index contributed by atoms with van der Waals surface area (Å²) in [6.45, 7) is 4.80. The van der Waals surface area contributed by atoms with Crippen molar-refractivity contribution in [2.75, 3.05) is 6.61 Å². The van der Waals surface area contributed by atoms with Crippen molar-refractivity contribution in [1.29, 1.82) is 0 Å². The normalized spacial score (nSPS) is 13.1. The SMILES string of the molecule is CCOC(=O)Cc1ccccc1O/C(C)=C(F)/C(Br)=C(\C)O. The Kier molecular flexibility index (Phi) is 7.11. The molecule has 1 aromatic rings. The number of carbonyl (C=O) groups excluding carboxylic acids is 1. The highest BCUT2D eigenvalue weighted by Crippen LogP contribution is 2.28. The predicted octanol–water partition coefficient (Wildman–Crippen LogP) is 4.56. The summed E-state index contributed by atoms with van der Waals surface area (Å²) in [5.74, 6) is -0.963. The van der Waals surface area contributed by atoms with Gasteiger partial charge in [-0.3, -0.25) is 4.79 Å². The number of aliphatic hydroxyl groups is 1. The standard InChI is InChI=1S/C16H18BrFO4/c1-4-21-14(20)9-12-7-5-6-8-13(12)22-11(3)16(18)15(17)10(2)19/h5-8,19H,4,9H2,1-3H3/b15-10-,16-11-. The fraction of sp³-hybridized carbons (Fsp3) is 0.312. The first-order valence-corrected chi connectivity index (χ1v) is 7.49. The number of ether oxygens (including phenoxy) is 2. The van der Waals surface area contributed by atoms with Crippen molar-refractivity contribution in [3.8, 4) is 5.75 Å². The molecule has 0 aliphatic rings. The first-order valence-electron chi connectivity index (χ1n) is 6.70. The van der Waals surface area contributed by atoms with Crippen LogP contribution in [0.5, 0.6) is 5.75 Å². The molecule has 0 aliphatic heterocycles. The van der Waals surface area contributed by atoms with Gasteiger partial charge in [-0.1, -0.05) is 18.2 Å². The molecule has 0 atom stereocenters. The van der Waals surface area contributed by atoms with Gasteiger partial charge in [0.1, 0.15) is 17.3 Å². The molecule has 0 radical (unpaired) electrons. The predicted molar refractivity (Wildman–Crippen MR) is 85.5 cm³/mol. The lowest BCUT2D eigenvalue weighted by Gasteiger charge is -2.12. The summed E-state index contributed by atoms with van der Waals surface area (Å²) >= 11 is 2.94. The first kappa shape index (κ1) is 18.2. The second kappa shape index (κ2) is 8.58. The van der Waals surface area contributed by atoms with Crippen molar-refractivity contribution >= 4 is 21.9 Å². The quantitative estimate of drug-likeness (QED) is 0.451. The van der Waals surface area contributed by atoms with Gasteiger partial charge >= 0.3 is 5.97 Å². The van der Waals surface area contributed by atoms with Gasteiger partial charge in [-0.2, -0.15) is 0 Å². The van der Waals surface area contributed by atoms with Crippen molar-refractivity contribution in [3.05, 3.63) is 51.7 Å². The highest BCUT2D eigenvalue weighted by atomic mass is 79.9. The molecule has 0 aromatic heterocycles. The molecule has 0 aliphatic carbocycles. The molecule has 0 fully saturated rings. The molecular weight excluding hydrogens is 355 g/mol. The third kappa shape index (κ3) is 5.18. The van der Waals surface area contributed by atoms with E-state index in [1.165, 1.54) is 13.8 Å². The zero-order valence-corrected chi connectivity index (χ0v) is 14.2. The number of esters is 1. The molecule has 1 rings (SSSR count). The number of para-hydroxylation sites is 1. The molecule has 0 amide bonds.